The van der Waals surface area contributed by atoms with Crippen molar-refractivity contribution >= 4 is 33.6 Å². The summed E-state index contributed by atoms with van der Waals surface area (Å²) in [5, 5.41) is 11.7. The Morgan fingerprint density at radius 2 is 2.35 bits per heavy atom. The van der Waals surface area contributed by atoms with Gasteiger partial charge in [-0.15, -0.1) is 11.3 Å². The van der Waals surface area contributed by atoms with Crippen LogP contribution in [0.3, 0.4) is 0 Å². The van der Waals surface area contributed by atoms with Gasteiger partial charge in [-0.05, 0) is 6.92 Å². The van der Waals surface area contributed by atoms with E-state index < -0.39 is 5.97 Å². The van der Waals surface area contributed by atoms with Crippen LogP contribution in [0.1, 0.15) is 15.4 Å². The molecule has 3 aromatic heterocycles. The third-order valence-corrected chi connectivity index (χ3v) is 4.34. The predicted molar refractivity (Wildman–Crippen MR) is 65.9 cm³/mol. The van der Waals surface area contributed by atoms with Gasteiger partial charge in [-0.1, -0.05) is 11.3 Å². The van der Waals surface area contributed by atoms with Crippen LogP contribution in [0.2, 0.25) is 0 Å². The number of carboxylic acids is 1. The maximum absolute atomic E-state index is 11.0. The highest BCUT2D eigenvalue weighted by atomic mass is 32.1. The summed E-state index contributed by atoms with van der Waals surface area (Å²) in [4.78, 5) is 20.5. The van der Waals surface area contributed by atoms with Crippen LogP contribution in [-0.4, -0.2) is 25.4 Å². The van der Waals surface area contributed by atoms with Gasteiger partial charge in [0.2, 0.25) is 0 Å². The second-order valence-electron chi connectivity index (χ2n) is 3.44. The molecule has 0 aliphatic carbocycles. The van der Waals surface area contributed by atoms with Crippen molar-refractivity contribution in [3.05, 3.63) is 28.3 Å². The molecule has 0 aliphatic heterocycles. The number of thiazole rings is 2. The minimum atomic E-state index is -0.909. The molecule has 0 saturated carbocycles. The zero-order chi connectivity index (χ0) is 12.0. The highest BCUT2D eigenvalue weighted by Gasteiger charge is 2.17. The first-order valence-electron chi connectivity index (χ1n) is 4.78. The summed E-state index contributed by atoms with van der Waals surface area (Å²) >= 11 is 2.69. The predicted octanol–water partition coefficient (Wildman–Crippen LogP) is 2.53. The Hall–Kier alpha value is -1.73. The van der Waals surface area contributed by atoms with Crippen molar-refractivity contribution in [1.82, 2.24) is 14.4 Å². The molecular weight excluding hydrogens is 258 g/mol. The minimum Gasteiger partial charge on any atom is -0.477 e. The molecule has 0 bridgehead atoms. The fourth-order valence-corrected chi connectivity index (χ4v) is 3.14. The molecule has 86 valence electrons. The fourth-order valence-electron chi connectivity index (χ4n) is 1.60. The molecule has 5 nitrogen and oxygen atoms in total. The van der Waals surface area contributed by atoms with Gasteiger partial charge in [-0.2, -0.15) is 0 Å². The molecule has 17 heavy (non-hydrogen) atoms. The molecule has 0 radical (unpaired) electrons. The number of aromatic carboxylic acids is 1. The third-order valence-electron chi connectivity index (χ3n) is 2.40. The van der Waals surface area contributed by atoms with Gasteiger partial charge < -0.3 is 5.11 Å². The van der Waals surface area contributed by atoms with Crippen LogP contribution in [0, 0.1) is 6.92 Å². The van der Waals surface area contributed by atoms with Crippen molar-refractivity contribution in [3.63, 3.8) is 0 Å². The molecule has 0 aliphatic rings. The van der Waals surface area contributed by atoms with E-state index in [1.54, 1.807) is 17.5 Å². The number of imidazole rings is 1. The van der Waals surface area contributed by atoms with Gasteiger partial charge in [-0.25, -0.2) is 14.8 Å². The summed E-state index contributed by atoms with van der Waals surface area (Å²) in [5.41, 5.74) is 1.49. The van der Waals surface area contributed by atoms with Crippen LogP contribution < -0.4 is 0 Å². The SMILES string of the molecule is Cc1c(C(=O)O)sc2nc(-c3nccs3)cn12. The highest BCUT2D eigenvalue weighted by molar-refractivity contribution is 7.19. The van der Waals surface area contributed by atoms with Crippen LogP contribution in [-0.2, 0) is 0 Å². The summed E-state index contributed by atoms with van der Waals surface area (Å²) in [7, 11) is 0. The van der Waals surface area contributed by atoms with Crippen LogP contribution in [0.15, 0.2) is 17.8 Å². The lowest BCUT2D eigenvalue weighted by atomic mass is 10.4. The smallest absolute Gasteiger partial charge is 0.347 e. The van der Waals surface area contributed by atoms with E-state index in [-0.39, 0.29) is 0 Å². The average molecular weight is 265 g/mol. The first-order valence-corrected chi connectivity index (χ1v) is 6.48. The molecule has 3 aromatic rings. The molecule has 3 rings (SSSR count). The van der Waals surface area contributed by atoms with Gasteiger partial charge in [0.15, 0.2) is 4.96 Å². The van der Waals surface area contributed by atoms with Crippen LogP contribution in [0.25, 0.3) is 15.7 Å². The molecule has 7 heteroatoms. The Kier molecular flexibility index (Phi) is 2.23. The van der Waals surface area contributed by atoms with Gasteiger partial charge in [0.1, 0.15) is 15.6 Å². The van der Waals surface area contributed by atoms with Crippen LogP contribution in [0.5, 0.6) is 0 Å². The van der Waals surface area contributed by atoms with E-state index in [0.717, 1.165) is 10.7 Å². The molecular formula is C10H7N3O2S2. The zero-order valence-corrected chi connectivity index (χ0v) is 10.4. The number of hydrogen-bond donors (Lipinski definition) is 1. The van der Waals surface area contributed by atoms with Crippen molar-refractivity contribution < 1.29 is 9.90 Å². The van der Waals surface area contributed by atoms with Crippen molar-refractivity contribution in [2.45, 2.75) is 6.92 Å². The molecule has 0 aromatic carbocycles. The first-order chi connectivity index (χ1) is 8.16. The summed E-state index contributed by atoms with van der Waals surface area (Å²) in [5.74, 6) is -0.909. The second-order valence-corrected chi connectivity index (χ2v) is 5.31. The number of carbonyl (C=O) groups is 1. The lowest BCUT2D eigenvalue weighted by molar-refractivity contribution is 0.0701. The average Bonchev–Trinajstić information content (AvgIpc) is 2.94. The summed E-state index contributed by atoms with van der Waals surface area (Å²) < 4.78 is 1.80. The Morgan fingerprint density at radius 3 is 2.94 bits per heavy atom. The summed E-state index contributed by atoms with van der Waals surface area (Å²) in [6, 6.07) is 0. The van der Waals surface area contributed by atoms with E-state index in [1.807, 2.05) is 11.6 Å². The Bertz CT molecular complexity index is 697. The maximum atomic E-state index is 11.0. The quantitative estimate of drug-likeness (QED) is 0.773. The largest absolute Gasteiger partial charge is 0.477 e. The van der Waals surface area contributed by atoms with Crippen molar-refractivity contribution in [2.24, 2.45) is 0 Å². The number of rotatable bonds is 2. The Balaban J connectivity index is 2.19. The molecule has 0 amide bonds. The van der Waals surface area contributed by atoms with E-state index in [0.29, 0.717) is 15.5 Å². The fraction of sp³-hybridized carbons (Fsp3) is 0.100. The van der Waals surface area contributed by atoms with E-state index in [1.165, 1.54) is 22.7 Å². The molecule has 1 N–H and O–H groups in total. The molecule has 0 spiro atoms. The summed E-state index contributed by atoms with van der Waals surface area (Å²) in [6.45, 7) is 1.78. The number of aromatic nitrogens is 3. The molecule has 0 unspecified atom stereocenters. The topological polar surface area (TPSA) is 67.5 Å². The van der Waals surface area contributed by atoms with Crippen LogP contribution in [0.4, 0.5) is 0 Å². The van der Waals surface area contributed by atoms with Crippen molar-refractivity contribution in [2.75, 3.05) is 0 Å². The van der Waals surface area contributed by atoms with Gasteiger partial charge >= 0.3 is 5.97 Å². The second kappa shape index (κ2) is 3.64. The Morgan fingerprint density at radius 1 is 1.53 bits per heavy atom. The zero-order valence-electron chi connectivity index (χ0n) is 8.75. The molecule has 0 fully saturated rings. The normalized spacial score (nSPS) is 11.1. The molecule has 3 heterocycles. The van der Waals surface area contributed by atoms with E-state index >= 15 is 0 Å². The molecule has 0 saturated heterocycles. The standard InChI is InChI=1S/C10H7N3O2S2/c1-5-7(9(14)15)17-10-12-6(4-13(5)10)8-11-2-3-16-8/h2-4H,1H3,(H,14,15). The lowest BCUT2D eigenvalue weighted by Gasteiger charge is -1.91. The first kappa shape index (κ1) is 10.4. The summed E-state index contributed by atoms with van der Waals surface area (Å²) in [6.07, 6.45) is 3.55. The lowest BCUT2D eigenvalue weighted by Crippen LogP contribution is -1.96. The van der Waals surface area contributed by atoms with Crippen LogP contribution >= 0.6 is 22.7 Å². The van der Waals surface area contributed by atoms with Gasteiger partial charge in [0.25, 0.3) is 0 Å². The Labute approximate surface area is 104 Å². The number of carboxylic acid groups (broad SMARTS) is 1. The van der Waals surface area contributed by atoms with E-state index in [2.05, 4.69) is 9.97 Å². The number of hydrogen-bond acceptors (Lipinski definition) is 5. The van der Waals surface area contributed by atoms with Gasteiger partial charge in [-0.3, -0.25) is 4.40 Å². The van der Waals surface area contributed by atoms with Gasteiger partial charge in [0, 0.05) is 23.5 Å². The maximum Gasteiger partial charge on any atom is 0.347 e. The number of nitrogens with zero attached hydrogens (tertiary/aromatic N) is 3. The van der Waals surface area contributed by atoms with Crippen molar-refractivity contribution in [3.8, 4) is 10.7 Å². The van der Waals surface area contributed by atoms with E-state index in [4.69, 9.17) is 5.11 Å². The minimum absolute atomic E-state index is 0.332. The van der Waals surface area contributed by atoms with E-state index in [9.17, 15) is 4.79 Å². The monoisotopic (exact) mass is 265 g/mol. The molecule has 0 atom stereocenters. The number of fused-ring (bicyclic) bond motifs is 1. The number of aryl methyl sites for hydroxylation is 1. The highest BCUT2D eigenvalue weighted by Crippen LogP contribution is 2.27. The third kappa shape index (κ3) is 1.55. The van der Waals surface area contributed by atoms with Crippen molar-refractivity contribution in [1.29, 1.82) is 0 Å². The van der Waals surface area contributed by atoms with Gasteiger partial charge in [0.05, 0.1) is 0 Å².